The van der Waals surface area contributed by atoms with E-state index in [2.05, 4.69) is 55.0 Å². The van der Waals surface area contributed by atoms with Gasteiger partial charge >= 0.3 is 6.09 Å². The van der Waals surface area contributed by atoms with Crippen molar-refractivity contribution >= 4 is 37.1 Å². The monoisotopic (exact) mass is 476 g/mol. The van der Waals surface area contributed by atoms with Gasteiger partial charge in [-0.1, -0.05) is 38.2 Å². The van der Waals surface area contributed by atoms with Crippen molar-refractivity contribution in [2.75, 3.05) is 36.5 Å². The fraction of sp³-hybridized carbons (Fsp3) is 0.609. The lowest BCUT2D eigenvalue weighted by Crippen LogP contribution is -2.44. The van der Waals surface area contributed by atoms with E-state index in [4.69, 9.17) is 9.16 Å². The van der Waals surface area contributed by atoms with Crippen molar-refractivity contribution in [3.05, 3.63) is 23.2 Å². The highest BCUT2D eigenvalue weighted by molar-refractivity contribution is 7.14. The molecule has 9 heteroatoms. The Morgan fingerprint density at radius 1 is 1.31 bits per heavy atom. The van der Waals surface area contributed by atoms with E-state index < -0.39 is 8.32 Å². The van der Waals surface area contributed by atoms with E-state index >= 15 is 0 Å². The number of carbonyl (C=O) groups excluding carboxylic acids is 1. The SMILES string of the molecule is CCOC(=O)N(C)c1cccc(-c2nnc(C)s2)c1N1CC[C@H](O[Si](C)(C)C(C)(C)C)C1. The molecular formula is C23H36N4O3SSi. The lowest BCUT2D eigenvalue weighted by atomic mass is 10.1. The highest BCUT2D eigenvalue weighted by atomic mass is 32.1. The Balaban J connectivity index is 1.97. The molecule has 1 atom stereocenters. The summed E-state index contributed by atoms with van der Waals surface area (Å²) in [6.45, 7) is 17.1. The minimum Gasteiger partial charge on any atom is -0.449 e. The summed E-state index contributed by atoms with van der Waals surface area (Å²) in [7, 11) is -0.115. The molecular weight excluding hydrogens is 440 g/mol. The number of nitrogens with zero attached hydrogens (tertiary/aromatic N) is 4. The normalized spacial score (nSPS) is 17.0. The van der Waals surface area contributed by atoms with Gasteiger partial charge in [-0.05, 0) is 50.5 Å². The molecule has 1 aromatic carbocycles. The molecule has 7 nitrogen and oxygen atoms in total. The molecule has 1 saturated heterocycles. The number of hydrogen-bond donors (Lipinski definition) is 0. The molecule has 1 aromatic heterocycles. The molecule has 0 aliphatic carbocycles. The fourth-order valence-corrected chi connectivity index (χ4v) is 5.75. The molecule has 0 spiro atoms. The summed E-state index contributed by atoms with van der Waals surface area (Å²) < 4.78 is 12.0. The van der Waals surface area contributed by atoms with Crippen LogP contribution in [0, 0.1) is 6.92 Å². The van der Waals surface area contributed by atoms with Crippen LogP contribution in [-0.4, -0.2) is 57.5 Å². The van der Waals surface area contributed by atoms with Crippen molar-refractivity contribution in [1.29, 1.82) is 0 Å². The lowest BCUT2D eigenvalue weighted by molar-refractivity contribution is 0.161. The summed E-state index contributed by atoms with van der Waals surface area (Å²) in [5.41, 5.74) is 2.78. The molecule has 1 aliphatic heterocycles. The van der Waals surface area contributed by atoms with E-state index in [-0.39, 0.29) is 17.2 Å². The van der Waals surface area contributed by atoms with Gasteiger partial charge in [0.2, 0.25) is 0 Å². The molecule has 3 rings (SSSR count). The van der Waals surface area contributed by atoms with Gasteiger partial charge in [-0.25, -0.2) is 4.79 Å². The Labute approximate surface area is 196 Å². The number of ether oxygens (including phenoxy) is 1. The van der Waals surface area contributed by atoms with Gasteiger partial charge in [0.25, 0.3) is 0 Å². The van der Waals surface area contributed by atoms with Crippen LogP contribution in [0.5, 0.6) is 0 Å². The van der Waals surface area contributed by atoms with Gasteiger partial charge in [-0.2, -0.15) is 0 Å². The van der Waals surface area contributed by atoms with Gasteiger partial charge in [0.05, 0.1) is 24.1 Å². The molecule has 0 radical (unpaired) electrons. The van der Waals surface area contributed by atoms with Gasteiger partial charge in [0.15, 0.2) is 8.32 Å². The molecule has 0 N–H and O–H groups in total. The van der Waals surface area contributed by atoms with Crippen LogP contribution in [0.1, 0.15) is 39.1 Å². The molecule has 0 saturated carbocycles. The number of aromatic nitrogens is 2. The number of para-hydroxylation sites is 1. The molecule has 0 bridgehead atoms. The van der Waals surface area contributed by atoms with Gasteiger partial charge in [0, 0.05) is 25.7 Å². The van der Waals surface area contributed by atoms with Crippen molar-refractivity contribution in [1.82, 2.24) is 10.2 Å². The zero-order valence-electron chi connectivity index (χ0n) is 20.6. The molecule has 1 amide bonds. The largest absolute Gasteiger partial charge is 0.449 e. The van der Waals surface area contributed by atoms with Crippen LogP contribution in [0.4, 0.5) is 16.2 Å². The Hall–Kier alpha value is -1.97. The van der Waals surface area contributed by atoms with Crippen LogP contribution in [0.2, 0.25) is 18.1 Å². The average Bonchev–Trinajstić information content (AvgIpc) is 3.34. The zero-order chi connectivity index (χ0) is 23.7. The Morgan fingerprint density at radius 2 is 2.03 bits per heavy atom. The summed E-state index contributed by atoms with van der Waals surface area (Å²) in [4.78, 5) is 16.5. The highest BCUT2D eigenvalue weighted by Gasteiger charge is 2.41. The third-order valence-electron chi connectivity index (χ3n) is 6.40. The minimum atomic E-state index is -1.87. The number of anilines is 2. The van der Waals surface area contributed by atoms with Crippen LogP contribution >= 0.6 is 11.3 Å². The van der Waals surface area contributed by atoms with Crippen molar-refractivity contribution in [2.24, 2.45) is 0 Å². The quantitative estimate of drug-likeness (QED) is 0.498. The number of benzene rings is 1. The van der Waals surface area contributed by atoms with Crippen LogP contribution in [0.3, 0.4) is 0 Å². The minimum absolute atomic E-state index is 0.164. The first-order valence-corrected chi connectivity index (χ1v) is 14.9. The molecule has 1 fully saturated rings. The number of aryl methyl sites for hydroxylation is 1. The van der Waals surface area contributed by atoms with Crippen molar-refractivity contribution < 1.29 is 14.0 Å². The summed E-state index contributed by atoms with van der Waals surface area (Å²) in [6, 6.07) is 5.98. The summed E-state index contributed by atoms with van der Waals surface area (Å²) in [6.07, 6.45) is 0.756. The summed E-state index contributed by atoms with van der Waals surface area (Å²) >= 11 is 1.56. The van der Waals surface area contributed by atoms with E-state index in [0.29, 0.717) is 6.61 Å². The van der Waals surface area contributed by atoms with Crippen LogP contribution in [0.15, 0.2) is 18.2 Å². The number of amides is 1. The van der Waals surface area contributed by atoms with E-state index in [1.54, 1.807) is 23.3 Å². The molecule has 2 heterocycles. The lowest BCUT2D eigenvalue weighted by Gasteiger charge is -2.38. The van der Waals surface area contributed by atoms with Crippen molar-refractivity contribution in [3.8, 4) is 10.6 Å². The second-order valence-electron chi connectivity index (χ2n) is 9.79. The second kappa shape index (κ2) is 9.49. The molecule has 2 aromatic rings. The predicted octanol–water partition coefficient (Wildman–Crippen LogP) is 5.71. The first kappa shape index (κ1) is 24.7. The standard InChI is InChI=1S/C23H36N4O3SSi/c1-9-29-22(28)26(6)19-12-10-11-18(21-25-24-16(2)31-21)20(19)27-14-13-17(15-27)30-32(7,8)23(3,4)5/h10-12,17H,9,13-15H2,1-8H3/t17-/m0/s1. The number of hydrogen-bond acceptors (Lipinski definition) is 7. The fourth-order valence-electron chi connectivity index (χ4n) is 3.65. The van der Waals surface area contributed by atoms with E-state index in [1.165, 1.54) is 0 Å². The predicted molar refractivity (Wildman–Crippen MR) is 134 cm³/mol. The topological polar surface area (TPSA) is 67.8 Å². The molecule has 176 valence electrons. The van der Waals surface area contributed by atoms with Gasteiger partial charge in [-0.15, -0.1) is 10.2 Å². The Kier molecular flexibility index (Phi) is 7.31. The van der Waals surface area contributed by atoms with Gasteiger partial charge in [0.1, 0.15) is 10.0 Å². The number of carbonyl (C=O) groups is 1. The Bertz CT molecular complexity index is 957. The molecule has 32 heavy (non-hydrogen) atoms. The van der Waals surface area contributed by atoms with Gasteiger partial charge in [-0.3, -0.25) is 4.90 Å². The number of rotatable bonds is 6. The smallest absolute Gasteiger partial charge is 0.414 e. The summed E-state index contributed by atoms with van der Waals surface area (Å²) in [5, 5.41) is 10.5. The maximum Gasteiger partial charge on any atom is 0.414 e. The average molecular weight is 477 g/mol. The van der Waals surface area contributed by atoms with Gasteiger partial charge < -0.3 is 14.1 Å². The summed E-state index contributed by atoms with van der Waals surface area (Å²) in [5.74, 6) is 0. The maximum atomic E-state index is 12.6. The molecule has 0 unspecified atom stereocenters. The first-order chi connectivity index (χ1) is 14.9. The van der Waals surface area contributed by atoms with E-state index in [9.17, 15) is 4.79 Å². The second-order valence-corrected chi connectivity index (χ2v) is 15.7. The van der Waals surface area contributed by atoms with E-state index in [0.717, 1.165) is 46.5 Å². The first-order valence-electron chi connectivity index (χ1n) is 11.2. The maximum absolute atomic E-state index is 12.6. The van der Waals surface area contributed by atoms with Crippen molar-refractivity contribution in [3.63, 3.8) is 0 Å². The highest BCUT2D eigenvalue weighted by Crippen LogP contribution is 2.43. The Morgan fingerprint density at radius 3 is 2.62 bits per heavy atom. The van der Waals surface area contributed by atoms with Crippen molar-refractivity contribution in [2.45, 2.75) is 65.3 Å². The van der Waals surface area contributed by atoms with Crippen LogP contribution < -0.4 is 9.80 Å². The third-order valence-corrected chi connectivity index (χ3v) is 11.8. The third kappa shape index (κ3) is 5.15. The van der Waals surface area contributed by atoms with Crippen LogP contribution in [0.25, 0.3) is 10.6 Å². The molecule has 1 aliphatic rings. The van der Waals surface area contributed by atoms with Crippen LogP contribution in [-0.2, 0) is 9.16 Å². The van der Waals surface area contributed by atoms with E-state index in [1.807, 2.05) is 26.0 Å². The zero-order valence-corrected chi connectivity index (χ0v) is 22.4.